The van der Waals surface area contributed by atoms with Crippen molar-refractivity contribution in [2.24, 2.45) is 0 Å². The van der Waals surface area contributed by atoms with Crippen molar-refractivity contribution in [1.29, 1.82) is 0 Å². The van der Waals surface area contributed by atoms with Gasteiger partial charge in [-0.2, -0.15) is 4.98 Å². The molecule has 1 heterocycles. The molecule has 8 heteroatoms. The van der Waals surface area contributed by atoms with Crippen molar-refractivity contribution in [3.05, 3.63) is 28.2 Å². The number of rotatable bonds is 6. The van der Waals surface area contributed by atoms with E-state index in [1.165, 1.54) is 7.11 Å². The fraction of sp³-hybridized carbons (Fsp3) is 0.333. The number of benzene rings is 1. The Morgan fingerprint density at radius 1 is 1.35 bits per heavy atom. The van der Waals surface area contributed by atoms with Gasteiger partial charge in [0.05, 0.1) is 12.7 Å². The van der Waals surface area contributed by atoms with Crippen molar-refractivity contribution in [1.82, 2.24) is 10.1 Å². The molecule has 0 saturated carbocycles. The van der Waals surface area contributed by atoms with Gasteiger partial charge in [-0.15, -0.1) is 0 Å². The summed E-state index contributed by atoms with van der Waals surface area (Å²) in [5, 5.41) is 17.1. The molecule has 2 aromatic rings. The van der Waals surface area contributed by atoms with Crippen LogP contribution in [0.2, 0.25) is 10.0 Å². The lowest BCUT2D eigenvalue weighted by Gasteiger charge is -2.08. The number of hydrogen-bond acceptors (Lipinski definition) is 6. The fourth-order valence-corrected chi connectivity index (χ4v) is 2.08. The first kappa shape index (κ1) is 15.1. The summed E-state index contributed by atoms with van der Waals surface area (Å²) in [5.74, 6) is 0.359. The van der Waals surface area contributed by atoms with E-state index in [9.17, 15) is 5.11 Å². The van der Waals surface area contributed by atoms with Crippen LogP contribution in [0, 0.1) is 0 Å². The number of aliphatic hydroxyl groups excluding tert-OH is 1. The van der Waals surface area contributed by atoms with Gasteiger partial charge in [-0.05, 0) is 18.2 Å². The van der Waals surface area contributed by atoms with Crippen molar-refractivity contribution in [3.8, 4) is 11.4 Å². The third kappa shape index (κ3) is 4.08. The second-order valence-electron chi connectivity index (χ2n) is 4.07. The predicted octanol–water partition coefficient (Wildman–Crippen LogP) is 2.46. The van der Waals surface area contributed by atoms with E-state index in [1.807, 2.05) is 0 Å². The summed E-state index contributed by atoms with van der Waals surface area (Å²) in [6, 6.07) is 5.18. The molecule has 2 rings (SSSR count). The summed E-state index contributed by atoms with van der Waals surface area (Å²) in [4.78, 5) is 4.14. The topological polar surface area (TPSA) is 80.4 Å². The van der Waals surface area contributed by atoms with Gasteiger partial charge < -0.3 is 19.7 Å². The summed E-state index contributed by atoms with van der Waals surface area (Å²) < 4.78 is 9.82. The van der Waals surface area contributed by atoms with Gasteiger partial charge in [-0.3, -0.25) is 0 Å². The molecular weight excluding hydrogens is 305 g/mol. The molecule has 0 bridgehead atoms. The molecule has 0 saturated heterocycles. The Balaban J connectivity index is 2.05. The Bertz CT molecular complexity index is 557. The Morgan fingerprint density at radius 3 is 2.70 bits per heavy atom. The Hall–Kier alpha value is -1.34. The smallest absolute Gasteiger partial charge is 0.321 e. The van der Waals surface area contributed by atoms with Crippen LogP contribution in [0.15, 0.2) is 22.7 Å². The zero-order chi connectivity index (χ0) is 14.5. The molecule has 1 aromatic heterocycles. The molecule has 2 N–H and O–H groups in total. The Labute approximate surface area is 125 Å². The number of halogens is 2. The quantitative estimate of drug-likeness (QED) is 0.851. The second kappa shape index (κ2) is 6.90. The van der Waals surface area contributed by atoms with Crippen LogP contribution < -0.4 is 5.32 Å². The van der Waals surface area contributed by atoms with E-state index >= 15 is 0 Å². The van der Waals surface area contributed by atoms with Crippen LogP contribution in [0.4, 0.5) is 6.01 Å². The number of nitrogens with one attached hydrogen (secondary N) is 1. The first-order chi connectivity index (χ1) is 9.58. The van der Waals surface area contributed by atoms with E-state index in [1.54, 1.807) is 18.2 Å². The summed E-state index contributed by atoms with van der Waals surface area (Å²) in [7, 11) is 1.51. The van der Waals surface area contributed by atoms with Crippen molar-refractivity contribution in [3.63, 3.8) is 0 Å². The van der Waals surface area contributed by atoms with E-state index < -0.39 is 6.10 Å². The molecule has 108 valence electrons. The van der Waals surface area contributed by atoms with Gasteiger partial charge in [0.2, 0.25) is 5.82 Å². The van der Waals surface area contributed by atoms with Crippen LogP contribution in [-0.2, 0) is 4.74 Å². The van der Waals surface area contributed by atoms with Gasteiger partial charge in [0, 0.05) is 29.3 Å². The average Bonchev–Trinajstić information content (AvgIpc) is 2.84. The molecule has 1 aromatic carbocycles. The maximum absolute atomic E-state index is 9.49. The maximum atomic E-state index is 9.49. The van der Waals surface area contributed by atoms with E-state index in [2.05, 4.69) is 15.5 Å². The van der Waals surface area contributed by atoms with Crippen LogP contribution in [0.1, 0.15) is 0 Å². The highest BCUT2D eigenvalue weighted by molar-refractivity contribution is 6.35. The van der Waals surface area contributed by atoms with E-state index in [0.29, 0.717) is 21.4 Å². The van der Waals surface area contributed by atoms with Crippen LogP contribution in [-0.4, -0.2) is 41.6 Å². The standard InChI is InChI=1S/C12H13Cl2N3O3/c1-19-6-10(18)5-15-12-16-11(17-20-12)7-2-8(13)4-9(14)3-7/h2-4,10,18H,5-6H2,1H3,(H,15,16,17)/t10-/m1/s1. The Kier molecular flexibility index (Phi) is 5.19. The lowest BCUT2D eigenvalue weighted by atomic mass is 10.2. The number of anilines is 1. The van der Waals surface area contributed by atoms with Crippen molar-refractivity contribution >= 4 is 29.2 Å². The first-order valence-corrected chi connectivity index (χ1v) is 6.55. The summed E-state index contributed by atoms with van der Waals surface area (Å²) >= 11 is 11.8. The molecule has 0 fully saturated rings. The minimum Gasteiger partial charge on any atom is -0.389 e. The van der Waals surface area contributed by atoms with Crippen LogP contribution in [0.5, 0.6) is 0 Å². The van der Waals surface area contributed by atoms with Gasteiger partial charge in [0.1, 0.15) is 0 Å². The lowest BCUT2D eigenvalue weighted by Crippen LogP contribution is -2.24. The molecule has 0 aliphatic carbocycles. The molecule has 0 spiro atoms. The highest BCUT2D eigenvalue weighted by atomic mass is 35.5. The zero-order valence-corrected chi connectivity index (χ0v) is 12.1. The number of nitrogens with zero attached hydrogens (tertiary/aromatic N) is 2. The molecule has 0 unspecified atom stereocenters. The van der Waals surface area contributed by atoms with Crippen LogP contribution in [0.25, 0.3) is 11.4 Å². The third-order valence-electron chi connectivity index (χ3n) is 2.39. The van der Waals surface area contributed by atoms with Crippen molar-refractivity contribution < 1.29 is 14.4 Å². The van der Waals surface area contributed by atoms with Crippen molar-refractivity contribution in [2.75, 3.05) is 25.6 Å². The normalized spacial score (nSPS) is 12.4. The number of methoxy groups -OCH3 is 1. The van der Waals surface area contributed by atoms with Gasteiger partial charge >= 0.3 is 6.01 Å². The molecule has 20 heavy (non-hydrogen) atoms. The average molecular weight is 318 g/mol. The van der Waals surface area contributed by atoms with Gasteiger partial charge in [-0.25, -0.2) is 0 Å². The SMILES string of the molecule is COC[C@H](O)CNc1nc(-c2cc(Cl)cc(Cl)c2)no1. The number of aromatic nitrogens is 2. The Morgan fingerprint density at radius 2 is 2.05 bits per heavy atom. The summed E-state index contributed by atoms with van der Waals surface area (Å²) in [6.45, 7) is 0.462. The van der Waals surface area contributed by atoms with Gasteiger partial charge in [0.15, 0.2) is 0 Å². The number of ether oxygens (including phenoxy) is 1. The molecule has 0 aliphatic rings. The lowest BCUT2D eigenvalue weighted by molar-refractivity contribution is 0.0723. The number of aliphatic hydroxyl groups is 1. The third-order valence-corrected chi connectivity index (χ3v) is 2.83. The zero-order valence-electron chi connectivity index (χ0n) is 10.6. The number of hydrogen-bond donors (Lipinski definition) is 2. The highest BCUT2D eigenvalue weighted by Gasteiger charge is 2.11. The van der Waals surface area contributed by atoms with Gasteiger partial charge in [0.25, 0.3) is 0 Å². The van der Waals surface area contributed by atoms with E-state index in [-0.39, 0.29) is 19.2 Å². The molecule has 0 radical (unpaired) electrons. The largest absolute Gasteiger partial charge is 0.389 e. The second-order valence-corrected chi connectivity index (χ2v) is 4.94. The molecule has 0 aliphatic heterocycles. The van der Waals surface area contributed by atoms with Crippen LogP contribution >= 0.6 is 23.2 Å². The van der Waals surface area contributed by atoms with E-state index in [0.717, 1.165) is 0 Å². The molecule has 0 amide bonds. The van der Waals surface area contributed by atoms with Gasteiger partial charge in [-0.1, -0.05) is 28.4 Å². The highest BCUT2D eigenvalue weighted by Crippen LogP contribution is 2.25. The minimum atomic E-state index is -0.657. The fourth-order valence-electron chi connectivity index (χ4n) is 1.55. The first-order valence-electron chi connectivity index (χ1n) is 5.79. The minimum absolute atomic E-state index is 0.200. The van der Waals surface area contributed by atoms with E-state index in [4.69, 9.17) is 32.5 Å². The molecular formula is C12H13Cl2N3O3. The summed E-state index contributed by atoms with van der Waals surface area (Å²) in [6.07, 6.45) is -0.657. The predicted molar refractivity (Wildman–Crippen MR) is 76.1 cm³/mol. The molecule has 6 nitrogen and oxygen atoms in total. The van der Waals surface area contributed by atoms with Crippen molar-refractivity contribution in [2.45, 2.75) is 6.10 Å². The maximum Gasteiger partial charge on any atom is 0.321 e. The molecule has 1 atom stereocenters. The van der Waals surface area contributed by atoms with Crippen LogP contribution in [0.3, 0.4) is 0 Å². The monoisotopic (exact) mass is 317 g/mol. The summed E-state index contributed by atoms with van der Waals surface area (Å²) in [5.41, 5.74) is 0.650.